The lowest BCUT2D eigenvalue weighted by Crippen LogP contribution is -2.49. The summed E-state index contributed by atoms with van der Waals surface area (Å²) in [6.45, 7) is 2.73. The van der Waals surface area contributed by atoms with Gasteiger partial charge in [0.25, 0.3) is 0 Å². The third-order valence-corrected chi connectivity index (χ3v) is 5.17. The zero-order chi connectivity index (χ0) is 24.3. The molecule has 2 heterocycles. The number of carboxylic acid groups (broad SMARTS) is 2. The van der Waals surface area contributed by atoms with Crippen molar-refractivity contribution in [2.75, 3.05) is 31.1 Å². The number of aromatic carboxylic acids is 1. The number of rotatable bonds is 3. The van der Waals surface area contributed by atoms with Gasteiger partial charge >= 0.3 is 24.1 Å². The number of nitrogens with one attached hydrogen (secondary N) is 1. The number of hydrogen-bond acceptors (Lipinski definition) is 4. The molecule has 0 radical (unpaired) electrons. The van der Waals surface area contributed by atoms with Crippen molar-refractivity contribution in [2.24, 2.45) is 0 Å². The molecule has 0 aromatic heterocycles. The third-order valence-electron chi connectivity index (χ3n) is 5.17. The van der Waals surface area contributed by atoms with E-state index in [1.807, 2.05) is 4.90 Å². The molecule has 0 bridgehead atoms. The fraction of sp³-hybridized carbons (Fsp3) is 0.286. The van der Waals surface area contributed by atoms with E-state index in [9.17, 15) is 27.2 Å². The number of piperazine rings is 1. The zero-order valence-corrected chi connectivity index (χ0v) is 17.0. The van der Waals surface area contributed by atoms with Crippen LogP contribution in [0.25, 0.3) is 11.1 Å². The number of carboxylic acids is 2. The Morgan fingerprint density at radius 3 is 2.21 bits per heavy atom. The molecule has 1 atom stereocenters. The number of amides is 2. The minimum absolute atomic E-state index is 0.0885. The largest absolute Gasteiger partial charge is 0.490 e. The Balaban J connectivity index is 0.000000383. The Labute approximate surface area is 185 Å². The maximum atomic E-state index is 14.7. The molecule has 3 N–H and O–H groups in total. The summed E-state index contributed by atoms with van der Waals surface area (Å²) in [5.41, 5.74) is 1.65. The standard InChI is InChI=1S/C19H18FN3O3.C2HF3O2/c20-17-9-14(23-11-15-10-21-7-8-22(15)19(23)26)5-6-16(17)12-1-3-13(4-2-12)18(24)25;3-2(4,5)1(6)7/h1-6,9,15,21H,7-8,10-11H2,(H,24,25);(H,6,7)/t15-;/m0./s1. The molecule has 0 saturated carbocycles. The summed E-state index contributed by atoms with van der Waals surface area (Å²) in [7, 11) is 0. The number of urea groups is 1. The van der Waals surface area contributed by atoms with Crippen molar-refractivity contribution in [3.63, 3.8) is 0 Å². The molecule has 2 aliphatic heterocycles. The molecule has 4 rings (SSSR count). The summed E-state index contributed by atoms with van der Waals surface area (Å²) in [4.78, 5) is 35.8. The first-order chi connectivity index (χ1) is 15.5. The molecule has 2 saturated heterocycles. The molecule has 12 heteroatoms. The fourth-order valence-electron chi connectivity index (χ4n) is 3.53. The molecule has 2 fully saturated rings. The van der Waals surface area contributed by atoms with Crippen molar-refractivity contribution in [1.82, 2.24) is 10.2 Å². The van der Waals surface area contributed by atoms with Crippen LogP contribution in [-0.2, 0) is 4.79 Å². The van der Waals surface area contributed by atoms with Crippen molar-refractivity contribution < 1.29 is 42.2 Å². The second kappa shape index (κ2) is 9.45. The van der Waals surface area contributed by atoms with Crippen LogP contribution in [-0.4, -0.2) is 71.5 Å². The second-order valence-electron chi connectivity index (χ2n) is 7.29. The van der Waals surface area contributed by atoms with Gasteiger partial charge in [-0.1, -0.05) is 12.1 Å². The molecule has 0 unspecified atom stereocenters. The summed E-state index contributed by atoms with van der Waals surface area (Å²) >= 11 is 0. The smallest absolute Gasteiger partial charge is 0.478 e. The summed E-state index contributed by atoms with van der Waals surface area (Å²) in [5.74, 6) is -4.22. The number of halogens is 4. The second-order valence-corrected chi connectivity index (χ2v) is 7.29. The highest BCUT2D eigenvalue weighted by Crippen LogP contribution is 2.30. The van der Waals surface area contributed by atoms with Crippen LogP contribution in [0.15, 0.2) is 42.5 Å². The van der Waals surface area contributed by atoms with Crippen LogP contribution in [0.2, 0.25) is 0 Å². The summed E-state index contributed by atoms with van der Waals surface area (Å²) in [6.07, 6.45) is -5.08. The van der Waals surface area contributed by atoms with Gasteiger partial charge in [-0.2, -0.15) is 13.2 Å². The maximum absolute atomic E-state index is 14.7. The first-order valence-corrected chi connectivity index (χ1v) is 9.71. The minimum atomic E-state index is -5.08. The maximum Gasteiger partial charge on any atom is 0.490 e. The van der Waals surface area contributed by atoms with Gasteiger partial charge in [0.1, 0.15) is 5.82 Å². The quantitative estimate of drug-likeness (QED) is 0.597. The van der Waals surface area contributed by atoms with E-state index in [4.69, 9.17) is 15.0 Å². The van der Waals surface area contributed by atoms with E-state index >= 15 is 0 Å². The van der Waals surface area contributed by atoms with Crippen LogP contribution < -0.4 is 10.2 Å². The molecule has 33 heavy (non-hydrogen) atoms. The van der Waals surface area contributed by atoms with E-state index in [1.54, 1.807) is 29.2 Å². The van der Waals surface area contributed by atoms with Gasteiger partial charge in [0.15, 0.2) is 0 Å². The van der Waals surface area contributed by atoms with Gasteiger partial charge in [0.2, 0.25) is 0 Å². The molecule has 2 amide bonds. The number of carbonyl (C=O) groups excluding carboxylic acids is 1. The van der Waals surface area contributed by atoms with Crippen molar-refractivity contribution in [3.05, 3.63) is 53.8 Å². The van der Waals surface area contributed by atoms with Gasteiger partial charge in [-0.3, -0.25) is 4.90 Å². The number of aliphatic carboxylic acids is 1. The number of hydrogen-bond donors (Lipinski definition) is 3. The zero-order valence-electron chi connectivity index (χ0n) is 17.0. The number of anilines is 1. The van der Waals surface area contributed by atoms with Crippen LogP contribution in [0.4, 0.5) is 28.0 Å². The van der Waals surface area contributed by atoms with Crippen LogP contribution >= 0.6 is 0 Å². The van der Waals surface area contributed by atoms with Crippen LogP contribution in [0.3, 0.4) is 0 Å². The lowest BCUT2D eigenvalue weighted by molar-refractivity contribution is -0.192. The number of benzene rings is 2. The van der Waals surface area contributed by atoms with E-state index in [0.29, 0.717) is 29.9 Å². The number of fused-ring (bicyclic) bond motifs is 1. The van der Waals surface area contributed by atoms with E-state index in [-0.39, 0.29) is 17.6 Å². The highest BCUT2D eigenvalue weighted by molar-refractivity contribution is 5.95. The van der Waals surface area contributed by atoms with Crippen molar-refractivity contribution >= 4 is 23.7 Å². The Morgan fingerprint density at radius 2 is 1.70 bits per heavy atom. The van der Waals surface area contributed by atoms with Gasteiger partial charge in [-0.15, -0.1) is 0 Å². The summed E-state index contributed by atoms with van der Waals surface area (Å²) in [5, 5.41) is 19.3. The molecule has 2 aromatic carbocycles. The molecule has 8 nitrogen and oxygen atoms in total. The normalized spacial score (nSPS) is 17.8. The molecule has 0 aliphatic carbocycles. The lowest BCUT2D eigenvalue weighted by Gasteiger charge is -2.28. The first kappa shape index (κ1) is 24.0. The van der Waals surface area contributed by atoms with Crippen LogP contribution in [0.5, 0.6) is 0 Å². The molecule has 0 spiro atoms. The summed E-state index contributed by atoms with van der Waals surface area (Å²) in [6, 6.07) is 10.8. The lowest BCUT2D eigenvalue weighted by atomic mass is 10.0. The average molecular weight is 469 g/mol. The number of nitrogens with zero attached hydrogens (tertiary/aromatic N) is 2. The van der Waals surface area contributed by atoms with Gasteiger partial charge < -0.3 is 20.4 Å². The average Bonchev–Trinajstić information content (AvgIpc) is 3.10. The van der Waals surface area contributed by atoms with Crippen molar-refractivity contribution in [1.29, 1.82) is 0 Å². The van der Waals surface area contributed by atoms with E-state index < -0.39 is 23.9 Å². The summed E-state index contributed by atoms with van der Waals surface area (Å²) < 4.78 is 46.4. The molecule has 2 aliphatic rings. The van der Waals surface area contributed by atoms with Crippen molar-refractivity contribution in [2.45, 2.75) is 12.2 Å². The van der Waals surface area contributed by atoms with Gasteiger partial charge in [0, 0.05) is 37.4 Å². The predicted molar refractivity (Wildman–Crippen MR) is 109 cm³/mol. The van der Waals surface area contributed by atoms with Crippen LogP contribution in [0, 0.1) is 5.82 Å². The third kappa shape index (κ3) is 5.40. The van der Waals surface area contributed by atoms with Crippen molar-refractivity contribution in [3.8, 4) is 11.1 Å². The Hall–Kier alpha value is -3.67. The highest BCUT2D eigenvalue weighted by Gasteiger charge is 2.39. The molecule has 2 aromatic rings. The Morgan fingerprint density at radius 1 is 1.06 bits per heavy atom. The molecular formula is C21H19F4N3O5. The number of carbonyl (C=O) groups is 3. The Bertz CT molecular complexity index is 1060. The van der Waals surface area contributed by atoms with Gasteiger partial charge in [-0.25, -0.2) is 18.8 Å². The number of alkyl halides is 3. The van der Waals surface area contributed by atoms with Crippen LogP contribution in [0.1, 0.15) is 10.4 Å². The monoisotopic (exact) mass is 469 g/mol. The fourth-order valence-corrected chi connectivity index (χ4v) is 3.53. The minimum Gasteiger partial charge on any atom is -0.478 e. The SMILES string of the molecule is O=C(O)C(F)(F)F.O=C(O)c1ccc(-c2ccc(N3C[C@@H]4CNCCN4C3=O)cc2F)cc1. The first-order valence-electron chi connectivity index (χ1n) is 9.71. The molecule has 176 valence electrons. The van der Waals surface area contributed by atoms with E-state index in [0.717, 1.165) is 13.1 Å². The van der Waals surface area contributed by atoms with Gasteiger partial charge in [0.05, 0.1) is 11.6 Å². The van der Waals surface area contributed by atoms with Gasteiger partial charge in [-0.05, 0) is 35.9 Å². The van der Waals surface area contributed by atoms with E-state index in [1.165, 1.54) is 18.2 Å². The highest BCUT2D eigenvalue weighted by atomic mass is 19.4. The predicted octanol–water partition coefficient (Wildman–Crippen LogP) is 3.04. The van der Waals surface area contributed by atoms with E-state index in [2.05, 4.69) is 5.32 Å². The topological polar surface area (TPSA) is 110 Å². The Kier molecular flexibility index (Phi) is 6.86. The molecular weight excluding hydrogens is 450 g/mol.